The molecule has 90 valence electrons. The highest BCUT2D eigenvalue weighted by Gasteiger charge is 2.01. The average molecular weight is 240 g/mol. The molecule has 16 heavy (non-hydrogen) atoms. The maximum atomic E-state index is 5.90. The number of benzene rings is 1. The SMILES string of the molecule is Cc1cccc(C)c1CNCCCC(C)Cl. The van der Waals surface area contributed by atoms with Gasteiger partial charge >= 0.3 is 0 Å². The van der Waals surface area contributed by atoms with Crippen molar-refractivity contribution < 1.29 is 0 Å². The van der Waals surface area contributed by atoms with E-state index in [0.717, 1.165) is 25.9 Å². The Morgan fingerprint density at radius 3 is 2.44 bits per heavy atom. The van der Waals surface area contributed by atoms with E-state index in [9.17, 15) is 0 Å². The summed E-state index contributed by atoms with van der Waals surface area (Å²) < 4.78 is 0. The molecule has 1 N–H and O–H groups in total. The second-order valence-electron chi connectivity index (χ2n) is 4.47. The summed E-state index contributed by atoms with van der Waals surface area (Å²) in [5.74, 6) is 0. The summed E-state index contributed by atoms with van der Waals surface area (Å²) in [6.07, 6.45) is 2.23. The normalized spacial score (nSPS) is 12.8. The number of nitrogens with one attached hydrogen (secondary N) is 1. The van der Waals surface area contributed by atoms with Gasteiger partial charge in [0.2, 0.25) is 0 Å². The van der Waals surface area contributed by atoms with Gasteiger partial charge in [-0.05, 0) is 56.8 Å². The summed E-state index contributed by atoms with van der Waals surface area (Å²) in [7, 11) is 0. The lowest BCUT2D eigenvalue weighted by atomic mass is 10.0. The van der Waals surface area contributed by atoms with Crippen LogP contribution in [0.1, 0.15) is 36.5 Å². The molecule has 0 aliphatic rings. The number of hydrogen-bond donors (Lipinski definition) is 1. The Hall–Kier alpha value is -0.530. The Kier molecular flexibility index (Phi) is 5.86. The summed E-state index contributed by atoms with van der Waals surface area (Å²) in [6.45, 7) is 8.41. The number of halogens is 1. The summed E-state index contributed by atoms with van der Waals surface area (Å²) in [6, 6.07) is 6.46. The van der Waals surface area contributed by atoms with Gasteiger partial charge in [-0.3, -0.25) is 0 Å². The van der Waals surface area contributed by atoms with Crippen LogP contribution in [0.2, 0.25) is 0 Å². The fourth-order valence-electron chi connectivity index (χ4n) is 1.85. The Morgan fingerprint density at radius 2 is 1.88 bits per heavy atom. The van der Waals surface area contributed by atoms with E-state index in [2.05, 4.69) is 37.4 Å². The van der Waals surface area contributed by atoms with Gasteiger partial charge in [0.1, 0.15) is 0 Å². The van der Waals surface area contributed by atoms with Crippen molar-refractivity contribution in [3.8, 4) is 0 Å². The first-order valence-electron chi connectivity index (χ1n) is 6.01. The molecule has 1 aromatic carbocycles. The van der Waals surface area contributed by atoms with Crippen LogP contribution in [0.25, 0.3) is 0 Å². The molecule has 0 saturated heterocycles. The molecule has 0 aliphatic heterocycles. The molecule has 0 spiro atoms. The lowest BCUT2D eigenvalue weighted by Crippen LogP contribution is -2.17. The zero-order valence-corrected chi connectivity index (χ0v) is 11.3. The van der Waals surface area contributed by atoms with Crippen LogP contribution >= 0.6 is 11.6 Å². The van der Waals surface area contributed by atoms with Gasteiger partial charge in [0.15, 0.2) is 0 Å². The molecular weight excluding hydrogens is 218 g/mol. The van der Waals surface area contributed by atoms with E-state index >= 15 is 0 Å². The summed E-state index contributed by atoms with van der Waals surface area (Å²) >= 11 is 5.90. The van der Waals surface area contributed by atoms with Crippen molar-refractivity contribution >= 4 is 11.6 Å². The largest absolute Gasteiger partial charge is 0.313 e. The fraction of sp³-hybridized carbons (Fsp3) is 0.571. The summed E-state index contributed by atoms with van der Waals surface area (Å²) in [5.41, 5.74) is 4.18. The molecule has 0 heterocycles. The van der Waals surface area contributed by atoms with Crippen LogP contribution in [-0.2, 0) is 6.54 Å². The minimum absolute atomic E-state index is 0.294. The van der Waals surface area contributed by atoms with E-state index in [0.29, 0.717) is 5.38 Å². The van der Waals surface area contributed by atoms with Gasteiger partial charge in [-0.2, -0.15) is 0 Å². The number of alkyl halides is 1. The minimum Gasteiger partial charge on any atom is -0.313 e. The maximum absolute atomic E-state index is 5.90. The smallest absolute Gasteiger partial charge is 0.0308 e. The highest BCUT2D eigenvalue weighted by atomic mass is 35.5. The molecule has 0 saturated carbocycles. The van der Waals surface area contributed by atoms with E-state index in [4.69, 9.17) is 11.6 Å². The molecule has 1 unspecified atom stereocenters. The van der Waals surface area contributed by atoms with Crippen molar-refractivity contribution in [1.29, 1.82) is 0 Å². The predicted octanol–water partition coefficient (Wildman–Crippen LogP) is 3.80. The number of hydrogen-bond acceptors (Lipinski definition) is 1. The molecule has 1 rings (SSSR count). The molecule has 0 fully saturated rings. The number of rotatable bonds is 6. The topological polar surface area (TPSA) is 12.0 Å². The molecule has 1 nitrogen and oxygen atoms in total. The zero-order valence-electron chi connectivity index (χ0n) is 10.5. The van der Waals surface area contributed by atoms with Gasteiger partial charge in [-0.1, -0.05) is 18.2 Å². The lowest BCUT2D eigenvalue weighted by molar-refractivity contribution is 0.617. The van der Waals surface area contributed by atoms with Crippen molar-refractivity contribution in [2.75, 3.05) is 6.54 Å². The third-order valence-electron chi connectivity index (χ3n) is 2.90. The van der Waals surface area contributed by atoms with E-state index in [1.54, 1.807) is 0 Å². The highest BCUT2D eigenvalue weighted by Crippen LogP contribution is 2.12. The van der Waals surface area contributed by atoms with Crippen LogP contribution < -0.4 is 5.32 Å². The molecule has 0 aromatic heterocycles. The first kappa shape index (κ1) is 13.5. The van der Waals surface area contributed by atoms with Gasteiger partial charge in [-0.25, -0.2) is 0 Å². The molecule has 1 atom stereocenters. The second kappa shape index (κ2) is 6.93. The zero-order chi connectivity index (χ0) is 12.0. The second-order valence-corrected chi connectivity index (χ2v) is 5.22. The Labute approximate surface area is 104 Å². The van der Waals surface area contributed by atoms with Crippen LogP contribution in [0.3, 0.4) is 0 Å². The van der Waals surface area contributed by atoms with Crippen LogP contribution in [0.5, 0.6) is 0 Å². The molecule has 1 aromatic rings. The van der Waals surface area contributed by atoms with Gasteiger partial charge in [0, 0.05) is 11.9 Å². The van der Waals surface area contributed by atoms with Crippen molar-refractivity contribution in [2.45, 2.75) is 45.5 Å². The molecule has 0 aliphatic carbocycles. The predicted molar refractivity (Wildman–Crippen MR) is 72.2 cm³/mol. The standard InChI is InChI=1S/C14H22ClN/c1-11-6-4-7-12(2)14(11)10-16-9-5-8-13(3)15/h4,6-7,13,16H,5,8-10H2,1-3H3. The monoisotopic (exact) mass is 239 g/mol. The number of aryl methyl sites for hydroxylation is 2. The third kappa shape index (κ3) is 4.54. The first-order valence-corrected chi connectivity index (χ1v) is 6.44. The molecular formula is C14H22ClN. The Morgan fingerprint density at radius 1 is 1.25 bits per heavy atom. The van der Waals surface area contributed by atoms with Crippen LogP contribution in [-0.4, -0.2) is 11.9 Å². The van der Waals surface area contributed by atoms with Crippen LogP contribution in [0.4, 0.5) is 0 Å². The van der Waals surface area contributed by atoms with Crippen molar-refractivity contribution in [1.82, 2.24) is 5.32 Å². The maximum Gasteiger partial charge on any atom is 0.0308 e. The van der Waals surface area contributed by atoms with Gasteiger partial charge < -0.3 is 5.32 Å². The fourth-order valence-corrected chi connectivity index (χ4v) is 2.00. The Balaban J connectivity index is 2.32. The minimum atomic E-state index is 0.294. The van der Waals surface area contributed by atoms with Crippen LogP contribution in [0.15, 0.2) is 18.2 Å². The van der Waals surface area contributed by atoms with Gasteiger partial charge in [0.25, 0.3) is 0 Å². The molecule has 0 bridgehead atoms. The molecule has 0 amide bonds. The van der Waals surface area contributed by atoms with Gasteiger partial charge in [-0.15, -0.1) is 11.6 Å². The average Bonchev–Trinajstić information content (AvgIpc) is 2.21. The van der Waals surface area contributed by atoms with E-state index < -0.39 is 0 Å². The van der Waals surface area contributed by atoms with E-state index in [1.165, 1.54) is 16.7 Å². The van der Waals surface area contributed by atoms with Crippen molar-refractivity contribution in [3.63, 3.8) is 0 Å². The molecule has 0 radical (unpaired) electrons. The Bertz CT molecular complexity index is 300. The quantitative estimate of drug-likeness (QED) is 0.588. The highest BCUT2D eigenvalue weighted by molar-refractivity contribution is 6.20. The van der Waals surface area contributed by atoms with E-state index in [1.807, 2.05) is 6.92 Å². The van der Waals surface area contributed by atoms with Gasteiger partial charge in [0.05, 0.1) is 0 Å². The third-order valence-corrected chi connectivity index (χ3v) is 3.12. The van der Waals surface area contributed by atoms with Crippen LogP contribution in [0, 0.1) is 13.8 Å². The van der Waals surface area contributed by atoms with E-state index in [-0.39, 0.29) is 0 Å². The summed E-state index contributed by atoms with van der Waals surface area (Å²) in [4.78, 5) is 0. The lowest BCUT2D eigenvalue weighted by Gasteiger charge is -2.11. The first-order chi connectivity index (χ1) is 7.61. The van der Waals surface area contributed by atoms with Crippen molar-refractivity contribution in [2.24, 2.45) is 0 Å². The van der Waals surface area contributed by atoms with Crippen molar-refractivity contribution in [3.05, 3.63) is 34.9 Å². The summed E-state index contributed by atoms with van der Waals surface area (Å²) in [5, 5.41) is 3.77. The molecule has 2 heteroatoms.